The summed E-state index contributed by atoms with van der Waals surface area (Å²) >= 11 is 0. The maximum atomic E-state index is 11.1. The van der Waals surface area contributed by atoms with Crippen LogP contribution in [0.4, 0.5) is 0 Å². The number of rotatable bonds is 1. The van der Waals surface area contributed by atoms with Gasteiger partial charge in [0.15, 0.2) is 5.58 Å². The number of methoxy groups -OCH3 is 1. The predicted octanol–water partition coefficient (Wildman–Crippen LogP) is 1.61. The van der Waals surface area contributed by atoms with Gasteiger partial charge in [-0.15, -0.1) is 0 Å². The van der Waals surface area contributed by atoms with Gasteiger partial charge in [0.05, 0.1) is 13.4 Å². The fourth-order valence-electron chi connectivity index (χ4n) is 1.07. The van der Waals surface area contributed by atoms with Gasteiger partial charge in [0, 0.05) is 6.07 Å². The number of aromatic nitrogens is 1. The SMILES string of the molecule is COC(=O)c1ccc2occc2n1. The number of ether oxygens (including phenoxy) is 1. The third-order valence-electron chi connectivity index (χ3n) is 1.70. The summed E-state index contributed by atoms with van der Waals surface area (Å²) in [5, 5.41) is 0. The summed E-state index contributed by atoms with van der Waals surface area (Å²) in [5.41, 5.74) is 1.60. The van der Waals surface area contributed by atoms with Crippen molar-refractivity contribution in [1.82, 2.24) is 4.98 Å². The predicted molar refractivity (Wildman–Crippen MR) is 45.3 cm³/mol. The minimum Gasteiger partial charge on any atom is -0.464 e. The molecule has 0 radical (unpaired) electrons. The van der Waals surface area contributed by atoms with Gasteiger partial charge in [0.2, 0.25) is 0 Å². The third kappa shape index (κ3) is 1.26. The molecule has 0 spiro atoms. The first-order valence-corrected chi connectivity index (χ1v) is 3.74. The van der Waals surface area contributed by atoms with Crippen LogP contribution in [0.1, 0.15) is 10.5 Å². The first-order chi connectivity index (χ1) is 6.31. The Balaban J connectivity index is 2.54. The van der Waals surface area contributed by atoms with E-state index in [0.717, 1.165) is 0 Å². The molecule has 0 amide bonds. The van der Waals surface area contributed by atoms with Gasteiger partial charge in [-0.25, -0.2) is 9.78 Å². The fourth-order valence-corrected chi connectivity index (χ4v) is 1.07. The largest absolute Gasteiger partial charge is 0.464 e. The molecule has 0 fully saturated rings. The molecule has 0 aromatic carbocycles. The van der Waals surface area contributed by atoms with E-state index in [0.29, 0.717) is 11.1 Å². The van der Waals surface area contributed by atoms with Gasteiger partial charge in [-0.3, -0.25) is 0 Å². The summed E-state index contributed by atoms with van der Waals surface area (Å²) < 4.78 is 9.60. The highest BCUT2D eigenvalue weighted by Crippen LogP contribution is 2.13. The molecule has 0 bridgehead atoms. The molecule has 0 aliphatic carbocycles. The van der Waals surface area contributed by atoms with Gasteiger partial charge in [0.25, 0.3) is 0 Å². The maximum Gasteiger partial charge on any atom is 0.356 e. The number of esters is 1. The van der Waals surface area contributed by atoms with Crippen LogP contribution >= 0.6 is 0 Å². The summed E-state index contributed by atoms with van der Waals surface area (Å²) in [5.74, 6) is -0.442. The number of fused-ring (bicyclic) bond motifs is 1. The van der Waals surface area contributed by atoms with E-state index >= 15 is 0 Å². The van der Waals surface area contributed by atoms with Crippen LogP contribution in [0, 0.1) is 0 Å². The molecule has 2 rings (SSSR count). The quantitative estimate of drug-likeness (QED) is 0.621. The Bertz CT molecular complexity index is 447. The monoisotopic (exact) mass is 177 g/mol. The molecule has 0 saturated heterocycles. The second kappa shape index (κ2) is 2.90. The lowest BCUT2D eigenvalue weighted by atomic mass is 10.3. The van der Waals surface area contributed by atoms with Gasteiger partial charge in [-0.05, 0) is 12.1 Å². The molecule has 66 valence electrons. The van der Waals surface area contributed by atoms with E-state index in [1.165, 1.54) is 13.4 Å². The van der Waals surface area contributed by atoms with Crippen LogP contribution in [0.2, 0.25) is 0 Å². The number of nitrogens with zero attached hydrogens (tertiary/aromatic N) is 1. The van der Waals surface area contributed by atoms with Crippen molar-refractivity contribution >= 4 is 17.1 Å². The fraction of sp³-hybridized carbons (Fsp3) is 0.111. The van der Waals surface area contributed by atoms with Crippen molar-refractivity contribution in [2.45, 2.75) is 0 Å². The second-order valence-electron chi connectivity index (χ2n) is 2.49. The molecule has 2 heterocycles. The lowest BCUT2D eigenvalue weighted by molar-refractivity contribution is 0.0594. The summed E-state index contributed by atoms with van der Waals surface area (Å²) in [4.78, 5) is 15.1. The number of hydrogen-bond donors (Lipinski definition) is 0. The van der Waals surface area contributed by atoms with E-state index in [1.807, 2.05) is 0 Å². The summed E-state index contributed by atoms with van der Waals surface area (Å²) in [7, 11) is 1.32. The van der Waals surface area contributed by atoms with Crippen molar-refractivity contribution in [3.05, 3.63) is 30.2 Å². The molecule has 0 unspecified atom stereocenters. The maximum absolute atomic E-state index is 11.1. The lowest BCUT2D eigenvalue weighted by Crippen LogP contribution is -2.03. The van der Waals surface area contributed by atoms with E-state index in [1.54, 1.807) is 18.2 Å². The smallest absolute Gasteiger partial charge is 0.356 e. The Morgan fingerprint density at radius 1 is 1.46 bits per heavy atom. The van der Waals surface area contributed by atoms with E-state index < -0.39 is 5.97 Å². The molecule has 0 aliphatic rings. The average molecular weight is 177 g/mol. The van der Waals surface area contributed by atoms with Crippen molar-refractivity contribution in [2.75, 3.05) is 7.11 Å². The molecule has 4 heteroatoms. The van der Waals surface area contributed by atoms with E-state index in [2.05, 4.69) is 9.72 Å². The number of carbonyl (C=O) groups is 1. The topological polar surface area (TPSA) is 52.3 Å². The first kappa shape index (κ1) is 7.79. The highest BCUT2D eigenvalue weighted by Gasteiger charge is 2.08. The van der Waals surface area contributed by atoms with Gasteiger partial charge in [0.1, 0.15) is 11.2 Å². The van der Waals surface area contributed by atoms with Crippen molar-refractivity contribution in [2.24, 2.45) is 0 Å². The normalized spacial score (nSPS) is 10.2. The third-order valence-corrected chi connectivity index (χ3v) is 1.70. The zero-order chi connectivity index (χ0) is 9.26. The van der Waals surface area contributed by atoms with Gasteiger partial charge >= 0.3 is 5.97 Å². The Kier molecular flexibility index (Phi) is 1.73. The van der Waals surface area contributed by atoms with Gasteiger partial charge < -0.3 is 9.15 Å². The molecule has 4 nitrogen and oxygen atoms in total. The lowest BCUT2D eigenvalue weighted by Gasteiger charge is -1.96. The summed E-state index contributed by atoms with van der Waals surface area (Å²) in [6, 6.07) is 4.95. The Hall–Kier alpha value is -1.84. The van der Waals surface area contributed by atoms with Gasteiger partial charge in [-0.2, -0.15) is 0 Å². The molecule has 0 saturated carbocycles. The second-order valence-corrected chi connectivity index (χ2v) is 2.49. The molecular formula is C9H7NO3. The van der Waals surface area contributed by atoms with E-state index in [9.17, 15) is 4.79 Å². The van der Waals surface area contributed by atoms with Crippen LogP contribution in [0.3, 0.4) is 0 Å². The molecule has 0 aliphatic heterocycles. The minimum atomic E-state index is -0.442. The van der Waals surface area contributed by atoms with Crippen molar-refractivity contribution in [3.63, 3.8) is 0 Å². The molecule has 0 N–H and O–H groups in total. The van der Waals surface area contributed by atoms with Crippen LogP contribution in [0.5, 0.6) is 0 Å². The standard InChI is InChI=1S/C9H7NO3/c1-12-9(11)7-2-3-8-6(10-7)4-5-13-8/h2-5H,1H3. The average Bonchev–Trinajstić information content (AvgIpc) is 2.63. The van der Waals surface area contributed by atoms with E-state index in [4.69, 9.17) is 4.42 Å². The van der Waals surface area contributed by atoms with Gasteiger partial charge in [-0.1, -0.05) is 0 Å². The minimum absolute atomic E-state index is 0.288. The highest BCUT2D eigenvalue weighted by atomic mass is 16.5. The van der Waals surface area contributed by atoms with Crippen LogP contribution < -0.4 is 0 Å². The Morgan fingerprint density at radius 2 is 2.31 bits per heavy atom. The highest BCUT2D eigenvalue weighted by molar-refractivity contribution is 5.89. The van der Waals surface area contributed by atoms with Crippen molar-refractivity contribution in [3.8, 4) is 0 Å². The number of carbonyl (C=O) groups excluding carboxylic acids is 1. The molecular weight excluding hydrogens is 170 g/mol. The molecule has 2 aromatic rings. The first-order valence-electron chi connectivity index (χ1n) is 3.74. The van der Waals surface area contributed by atoms with Crippen LogP contribution in [-0.2, 0) is 4.74 Å². The number of hydrogen-bond acceptors (Lipinski definition) is 4. The Morgan fingerprint density at radius 3 is 3.08 bits per heavy atom. The van der Waals surface area contributed by atoms with E-state index in [-0.39, 0.29) is 5.69 Å². The summed E-state index contributed by atoms with van der Waals surface area (Å²) in [6.07, 6.45) is 1.53. The van der Waals surface area contributed by atoms with Crippen LogP contribution in [0.15, 0.2) is 28.9 Å². The molecule has 2 aromatic heterocycles. The van der Waals surface area contributed by atoms with Crippen LogP contribution in [0.25, 0.3) is 11.1 Å². The Labute approximate surface area is 74.1 Å². The number of pyridine rings is 1. The number of furan rings is 1. The molecule has 0 atom stereocenters. The van der Waals surface area contributed by atoms with Crippen LogP contribution in [-0.4, -0.2) is 18.1 Å². The zero-order valence-corrected chi connectivity index (χ0v) is 6.98. The van der Waals surface area contributed by atoms with Crippen molar-refractivity contribution < 1.29 is 13.9 Å². The molecule has 13 heavy (non-hydrogen) atoms. The zero-order valence-electron chi connectivity index (χ0n) is 6.98. The van der Waals surface area contributed by atoms with Crippen molar-refractivity contribution in [1.29, 1.82) is 0 Å². The summed E-state index contributed by atoms with van der Waals surface area (Å²) in [6.45, 7) is 0.